The molecule has 2 aromatic rings. The van der Waals surface area contributed by atoms with Crippen LogP contribution in [0.15, 0.2) is 35.1 Å². The maximum Gasteiger partial charge on any atom is 0.264 e. The highest BCUT2D eigenvalue weighted by Crippen LogP contribution is 2.34. The van der Waals surface area contributed by atoms with Gasteiger partial charge in [-0.25, -0.2) is 4.39 Å². The van der Waals surface area contributed by atoms with Crippen LogP contribution in [0.5, 0.6) is 0 Å². The largest absolute Gasteiger partial charge is 0.322 e. The number of halogens is 1. The predicted octanol–water partition coefficient (Wildman–Crippen LogP) is 3.19. The van der Waals surface area contributed by atoms with Crippen molar-refractivity contribution in [3.63, 3.8) is 0 Å². The molecule has 0 atom stereocenters. The molecule has 0 unspecified atom stereocenters. The van der Waals surface area contributed by atoms with E-state index < -0.39 is 5.91 Å². The summed E-state index contributed by atoms with van der Waals surface area (Å²) in [7, 11) is 0. The second-order valence-corrected chi connectivity index (χ2v) is 5.71. The van der Waals surface area contributed by atoms with Gasteiger partial charge in [0.15, 0.2) is 0 Å². The molecular weight excluding hydrogens is 283 g/mol. The molecule has 1 aliphatic rings. The van der Waals surface area contributed by atoms with Gasteiger partial charge in [0, 0.05) is 17.4 Å². The van der Waals surface area contributed by atoms with E-state index in [9.17, 15) is 14.0 Å². The maximum atomic E-state index is 12.9. The molecule has 1 saturated carbocycles. The van der Waals surface area contributed by atoms with E-state index in [-0.39, 0.29) is 23.0 Å². The van der Waals surface area contributed by atoms with Crippen molar-refractivity contribution < 1.29 is 9.18 Å². The zero-order valence-electron chi connectivity index (χ0n) is 12.5. The molecule has 1 heterocycles. The van der Waals surface area contributed by atoms with Crippen molar-refractivity contribution in [1.29, 1.82) is 0 Å². The number of rotatable bonds is 3. The Kier molecular flexibility index (Phi) is 3.56. The first-order valence-corrected chi connectivity index (χ1v) is 7.27. The van der Waals surface area contributed by atoms with E-state index in [4.69, 9.17) is 0 Å². The summed E-state index contributed by atoms with van der Waals surface area (Å²) >= 11 is 0. The van der Waals surface area contributed by atoms with Crippen molar-refractivity contribution in [2.45, 2.75) is 32.7 Å². The number of aromatic nitrogens is 1. The lowest BCUT2D eigenvalue weighted by Crippen LogP contribution is -2.31. The molecule has 0 saturated heterocycles. The van der Waals surface area contributed by atoms with Crippen molar-refractivity contribution in [2.24, 2.45) is 0 Å². The Morgan fingerprint density at radius 2 is 1.86 bits per heavy atom. The first-order valence-electron chi connectivity index (χ1n) is 7.27. The van der Waals surface area contributed by atoms with E-state index in [2.05, 4.69) is 5.32 Å². The smallest absolute Gasteiger partial charge is 0.264 e. The second kappa shape index (κ2) is 5.40. The summed E-state index contributed by atoms with van der Waals surface area (Å²) < 4.78 is 14.6. The normalized spacial score (nSPS) is 14.0. The van der Waals surface area contributed by atoms with Gasteiger partial charge in [-0.1, -0.05) is 0 Å². The number of nitrogens with zero attached hydrogens (tertiary/aromatic N) is 1. The minimum atomic E-state index is -0.455. The number of amides is 1. The van der Waals surface area contributed by atoms with E-state index in [1.54, 1.807) is 11.5 Å². The van der Waals surface area contributed by atoms with E-state index in [1.165, 1.54) is 24.3 Å². The van der Waals surface area contributed by atoms with Gasteiger partial charge in [0.2, 0.25) is 0 Å². The van der Waals surface area contributed by atoms with E-state index in [0.717, 1.165) is 18.5 Å². The average molecular weight is 300 g/mol. The van der Waals surface area contributed by atoms with Crippen molar-refractivity contribution in [3.8, 4) is 0 Å². The molecule has 114 valence electrons. The van der Waals surface area contributed by atoms with Gasteiger partial charge in [-0.3, -0.25) is 9.59 Å². The average Bonchev–Trinajstić information content (AvgIpc) is 3.25. The molecular formula is C17H17FN2O2. The molecule has 1 aliphatic carbocycles. The molecule has 0 bridgehead atoms. The molecule has 1 aromatic heterocycles. The summed E-state index contributed by atoms with van der Waals surface area (Å²) in [6.07, 6.45) is 1.95. The highest BCUT2D eigenvalue weighted by Gasteiger charge is 2.28. The van der Waals surface area contributed by atoms with Crippen LogP contribution in [0.3, 0.4) is 0 Å². The summed E-state index contributed by atoms with van der Waals surface area (Å²) in [5.74, 6) is -0.830. The first-order chi connectivity index (χ1) is 10.5. The number of hydrogen-bond acceptors (Lipinski definition) is 2. The quantitative estimate of drug-likeness (QED) is 0.946. The van der Waals surface area contributed by atoms with Crippen molar-refractivity contribution in [1.82, 2.24) is 4.57 Å². The van der Waals surface area contributed by atoms with Gasteiger partial charge < -0.3 is 9.88 Å². The van der Waals surface area contributed by atoms with E-state index >= 15 is 0 Å². The van der Waals surface area contributed by atoms with Gasteiger partial charge in [0.05, 0.1) is 0 Å². The van der Waals surface area contributed by atoms with Crippen LogP contribution in [0, 0.1) is 19.7 Å². The SMILES string of the molecule is Cc1cc(C)n(C2CC2)c(=O)c1C(=O)Nc1ccc(F)cc1. The van der Waals surface area contributed by atoms with Crippen LogP contribution in [0.4, 0.5) is 10.1 Å². The van der Waals surface area contributed by atoms with Crippen molar-refractivity contribution >= 4 is 11.6 Å². The van der Waals surface area contributed by atoms with Gasteiger partial charge >= 0.3 is 0 Å². The topological polar surface area (TPSA) is 51.1 Å². The van der Waals surface area contributed by atoms with Gasteiger partial charge in [-0.2, -0.15) is 0 Å². The van der Waals surface area contributed by atoms with Gasteiger partial charge in [-0.05, 0) is 62.6 Å². The van der Waals surface area contributed by atoms with Crippen LogP contribution < -0.4 is 10.9 Å². The molecule has 3 rings (SSSR count). The molecule has 4 nitrogen and oxygen atoms in total. The van der Waals surface area contributed by atoms with Crippen LogP contribution in [0.25, 0.3) is 0 Å². The summed E-state index contributed by atoms with van der Waals surface area (Å²) in [6.45, 7) is 3.64. The number of aryl methyl sites for hydroxylation is 2. The maximum absolute atomic E-state index is 12.9. The molecule has 1 aromatic carbocycles. The number of hydrogen-bond donors (Lipinski definition) is 1. The minimum Gasteiger partial charge on any atom is -0.322 e. The number of anilines is 1. The Labute approximate surface area is 127 Å². The first kappa shape index (κ1) is 14.5. The summed E-state index contributed by atoms with van der Waals surface area (Å²) in [5, 5.41) is 2.65. The minimum absolute atomic E-state index is 0.154. The van der Waals surface area contributed by atoms with Gasteiger partial charge in [0.25, 0.3) is 11.5 Å². The Bertz CT molecular complexity index is 790. The number of carbonyl (C=O) groups is 1. The van der Waals surface area contributed by atoms with Crippen LogP contribution in [0.2, 0.25) is 0 Å². The summed E-state index contributed by atoms with van der Waals surface area (Å²) in [6, 6.07) is 7.54. The number of pyridine rings is 1. The fourth-order valence-corrected chi connectivity index (χ4v) is 2.69. The second-order valence-electron chi connectivity index (χ2n) is 5.71. The summed E-state index contributed by atoms with van der Waals surface area (Å²) in [4.78, 5) is 25.0. The van der Waals surface area contributed by atoms with Gasteiger partial charge in [-0.15, -0.1) is 0 Å². The molecule has 1 fully saturated rings. The molecule has 0 spiro atoms. The third-order valence-electron chi connectivity index (χ3n) is 3.87. The van der Waals surface area contributed by atoms with Crippen LogP contribution in [0.1, 0.15) is 40.5 Å². The third kappa shape index (κ3) is 2.66. The van der Waals surface area contributed by atoms with Crippen molar-refractivity contribution in [2.75, 3.05) is 5.32 Å². The molecule has 0 aliphatic heterocycles. The zero-order chi connectivity index (χ0) is 15.9. The van der Waals surface area contributed by atoms with Crippen LogP contribution in [-0.4, -0.2) is 10.5 Å². The number of carbonyl (C=O) groups excluding carboxylic acids is 1. The fourth-order valence-electron chi connectivity index (χ4n) is 2.69. The zero-order valence-corrected chi connectivity index (χ0v) is 12.5. The Morgan fingerprint density at radius 1 is 1.23 bits per heavy atom. The molecule has 22 heavy (non-hydrogen) atoms. The Hall–Kier alpha value is -2.43. The Balaban J connectivity index is 1.97. The van der Waals surface area contributed by atoms with Crippen LogP contribution >= 0.6 is 0 Å². The fraction of sp³-hybridized carbons (Fsp3) is 0.294. The third-order valence-corrected chi connectivity index (χ3v) is 3.87. The van der Waals surface area contributed by atoms with Crippen molar-refractivity contribution in [3.05, 3.63) is 63.3 Å². The summed E-state index contributed by atoms with van der Waals surface area (Å²) in [5.41, 5.74) is 1.90. The molecule has 1 amide bonds. The highest BCUT2D eigenvalue weighted by atomic mass is 19.1. The molecule has 0 radical (unpaired) electrons. The molecule has 5 heteroatoms. The Morgan fingerprint density at radius 3 is 2.45 bits per heavy atom. The van der Waals surface area contributed by atoms with Gasteiger partial charge in [0.1, 0.15) is 11.4 Å². The van der Waals surface area contributed by atoms with Crippen LogP contribution in [-0.2, 0) is 0 Å². The molecule has 1 N–H and O–H groups in total. The lowest BCUT2D eigenvalue weighted by atomic mass is 10.1. The lowest BCUT2D eigenvalue weighted by Gasteiger charge is -2.14. The lowest BCUT2D eigenvalue weighted by molar-refractivity contribution is 0.102. The number of benzene rings is 1. The standard InChI is InChI=1S/C17H17FN2O2/c1-10-9-11(2)20(14-7-8-14)17(22)15(10)16(21)19-13-5-3-12(18)4-6-13/h3-6,9,14H,7-8H2,1-2H3,(H,19,21). The van der Waals surface area contributed by atoms with E-state index in [1.807, 2.05) is 13.0 Å². The highest BCUT2D eigenvalue weighted by molar-refractivity contribution is 6.05. The van der Waals surface area contributed by atoms with E-state index in [0.29, 0.717) is 11.3 Å². The monoisotopic (exact) mass is 300 g/mol. The predicted molar refractivity (Wildman–Crippen MR) is 82.8 cm³/mol. The number of nitrogens with one attached hydrogen (secondary N) is 1.